The summed E-state index contributed by atoms with van der Waals surface area (Å²) in [6, 6.07) is 5.62. The van der Waals surface area contributed by atoms with Gasteiger partial charge in [0, 0.05) is 25.2 Å². The molecular weight excluding hydrogens is 212 g/mol. The Morgan fingerprint density at radius 1 is 1.35 bits per heavy atom. The highest BCUT2D eigenvalue weighted by atomic mass is 16.3. The number of hydrogen-bond donors (Lipinski definition) is 0. The molecule has 1 aromatic rings. The van der Waals surface area contributed by atoms with Crippen LogP contribution in [-0.4, -0.2) is 41.5 Å². The fraction of sp³-hybridized carbons (Fsp3) is 0.714. The van der Waals surface area contributed by atoms with Crippen LogP contribution in [0.15, 0.2) is 16.5 Å². The van der Waals surface area contributed by atoms with Crippen LogP contribution in [0.5, 0.6) is 0 Å². The Balaban J connectivity index is 1.66. The van der Waals surface area contributed by atoms with Gasteiger partial charge in [-0.15, -0.1) is 0 Å². The smallest absolute Gasteiger partial charge is 0.118 e. The Kier molecular flexibility index (Phi) is 2.97. The Morgan fingerprint density at radius 3 is 3.00 bits per heavy atom. The zero-order valence-corrected chi connectivity index (χ0v) is 10.9. The van der Waals surface area contributed by atoms with Crippen LogP contribution in [0.25, 0.3) is 0 Å². The summed E-state index contributed by atoms with van der Waals surface area (Å²) in [7, 11) is 0. The van der Waals surface area contributed by atoms with E-state index < -0.39 is 0 Å². The van der Waals surface area contributed by atoms with Gasteiger partial charge in [-0.05, 0) is 45.4 Å². The number of rotatable bonds is 2. The molecule has 2 fully saturated rings. The van der Waals surface area contributed by atoms with Gasteiger partial charge in [0.25, 0.3) is 0 Å². The lowest BCUT2D eigenvalue weighted by atomic mass is 10.1. The summed E-state index contributed by atoms with van der Waals surface area (Å²) in [5.41, 5.74) is 0. The van der Waals surface area contributed by atoms with Gasteiger partial charge in [-0.3, -0.25) is 9.80 Å². The van der Waals surface area contributed by atoms with E-state index in [2.05, 4.69) is 28.9 Å². The molecule has 2 atom stereocenters. The second kappa shape index (κ2) is 4.46. The zero-order valence-electron chi connectivity index (χ0n) is 10.9. The monoisotopic (exact) mass is 234 g/mol. The highest BCUT2D eigenvalue weighted by molar-refractivity contribution is 5.06. The van der Waals surface area contributed by atoms with Crippen LogP contribution in [0.2, 0.25) is 0 Å². The second-order valence-corrected chi connectivity index (χ2v) is 5.58. The van der Waals surface area contributed by atoms with E-state index in [9.17, 15) is 0 Å². The Hall–Kier alpha value is -0.800. The van der Waals surface area contributed by atoms with Gasteiger partial charge < -0.3 is 4.42 Å². The minimum atomic E-state index is 0.648. The van der Waals surface area contributed by atoms with E-state index in [4.69, 9.17) is 4.42 Å². The fourth-order valence-electron chi connectivity index (χ4n) is 3.24. The minimum Gasteiger partial charge on any atom is -0.465 e. The first-order valence-electron chi connectivity index (χ1n) is 6.76. The van der Waals surface area contributed by atoms with Crippen LogP contribution in [0.3, 0.4) is 0 Å². The van der Waals surface area contributed by atoms with Gasteiger partial charge in [0.15, 0.2) is 0 Å². The molecule has 3 heterocycles. The largest absolute Gasteiger partial charge is 0.465 e. The minimum absolute atomic E-state index is 0.648. The van der Waals surface area contributed by atoms with Gasteiger partial charge in [-0.1, -0.05) is 0 Å². The van der Waals surface area contributed by atoms with Gasteiger partial charge in [0.1, 0.15) is 11.5 Å². The molecule has 0 spiro atoms. The fourth-order valence-corrected chi connectivity index (χ4v) is 3.24. The van der Waals surface area contributed by atoms with Crippen molar-refractivity contribution in [3.05, 3.63) is 23.7 Å². The number of piperazine rings is 1. The molecule has 0 aliphatic carbocycles. The third kappa shape index (κ3) is 2.26. The molecule has 94 valence electrons. The average molecular weight is 234 g/mol. The number of aryl methyl sites for hydroxylation is 1. The van der Waals surface area contributed by atoms with Gasteiger partial charge in [-0.25, -0.2) is 0 Å². The lowest BCUT2D eigenvalue weighted by Gasteiger charge is -2.41. The van der Waals surface area contributed by atoms with Crippen LogP contribution in [-0.2, 0) is 6.54 Å². The zero-order chi connectivity index (χ0) is 11.8. The molecule has 2 saturated heterocycles. The van der Waals surface area contributed by atoms with Crippen LogP contribution in [0, 0.1) is 6.92 Å². The summed E-state index contributed by atoms with van der Waals surface area (Å²) in [5.74, 6) is 2.13. The molecular formula is C14H22N2O. The topological polar surface area (TPSA) is 19.6 Å². The molecule has 0 bridgehead atoms. The van der Waals surface area contributed by atoms with E-state index in [1.807, 2.05) is 6.92 Å². The third-order valence-corrected chi connectivity index (χ3v) is 4.22. The molecule has 3 nitrogen and oxygen atoms in total. The van der Waals surface area contributed by atoms with E-state index in [1.165, 1.54) is 32.5 Å². The van der Waals surface area contributed by atoms with Crippen molar-refractivity contribution in [2.45, 2.75) is 45.3 Å². The summed E-state index contributed by atoms with van der Waals surface area (Å²) >= 11 is 0. The maximum Gasteiger partial charge on any atom is 0.118 e. The van der Waals surface area contributed by atoms with Crippen molar-refractivity contribution in [3.63, 3.8) is 0 Å². The van der Waals surface area contributed by atoms with Crippen molar-refractivity contribution in [2.24, 2.45) is 0 Å². The van der Waals surface area contributed by atoms with E-state index in [0.717, 1.165) is 24.1 Å². The first-order valence-corrected chi connectivity index (χ1v) is 6.76. The van der Waals surface area contributed by atoms with Crippen molar-refractivity contribution < 1.29 is 4.42 Å². The second-order valence-electron chi connectivity index (χ2n) is 5.58. The SMILES string of the molecule is Cc1ccc(CN2CC3CCCN3CC2C)o1. The highest BCUT2D eigenvalue weighted by Crippen LogP contribution is 2.25. The van der Waals surface area contributed by atoms with E-state index >= 15 is 0 Å². The van der Waals surface area contributed by atoms with Gasteiger partial charge in [-0.2, -0.15) is 0 Å². The molecule has 0 saturated carbocycles. The van der Waals surface area contributed by atoms with Crippen molar-refractivity contribution in [1.29, 1.82) is 0 Å². The van der Waals surface area contributed by atoms with Gasteiger partial charge in [0.05, 0.1) is 6.54 Å². The number of furan rings is 1. The third-order valence-electron chi connectivity index (χ3n) is 4.22. The van der Waals surface area contributed by atoms with Crippen molar-refractivity contribution >= 4 is 0 Å². The Labute approximate surface area is 103 Å². The van der Waals surface area contributed by atoms with Crippen LogP contribution in [0.4, 0.5) is 0 Å². The molecule has 2 unspecified atom stereocenters. The van der Waals surface area contributed by atoms with E-state index in [-0.39, 0.29) is 0 Å². The summed E-state index contributed by atoms with van der Waals surface area (Å²) in [6.07, 6.45) is 2.76. The number of nitrogens with zero attached hydrogens (tertiary/aromatic N) is 2. The van der Waals surface area contributed by atoms with Crippen molar-refractivity contribution in [3.8, 4) is 0 Å². The molecule has 2 aliphatic rings. The molecule has 0 amide bonds. The highest BCUT2D eigenvalue weighted by Gasteiger charge is 2.34. The number of hydrogen-bond acceptors (Lipinski definition) is 3. The lowest BCUT2D eigenvalue weighted by Crippen LogP contribution is -2.54. The molecule has 2 aliphatic heterocycles. The van der Waals surface area contributed by atoms with Crippen LogP contribution < -0.4 is 0 Å². The lowest BCUT2D eigenvalue weighted by molar-refractivity contribution is 0.0492. The van der Waals surface area contributed by atoms with E-state index in [0.29, 0.717) is 6.04 Å². The van der Waals surface area contributed by atoms with Gasteiger partial charge in [0.2, 0.25) is 0 Å². The summed E-state index contributed by atoms with van der Waals surface area (Å²) in [4.78, 5) is 5.24. The average Bonchev–Trinajstić information content (AvgIpc) is 2.88. The van der Waals surface area contributed by atoms with Crippen LogP contribution >= 0.6 is 0 Å². The molecule has 0 radical (unpaired) electrons. The molecule has 0 N–H and O–H groups in total. The van der Waals surface area contributed by atoms with Gasteiger partial charge >= 0.3 is 0 Å². The molecule has 3 heteroatoms. The van der Waals surface area contributed by atoms with Crippen LogP contribution in [0.1, 0.15) is 31.3 Å². The maximum absolute atomic E-state index is 5.69. The normalized spacial score (nSPS) is 30.7. The molecule has 1 aromatic heterocycles. The molecule has 3 rings (SSSR count). The molecule has 17 heavy (non-hydrogen) atoms. The predicted molar refractivity (Wildman–Crippen MR) is 67.9 cm³/mol. The number of fused-ring (bicyclic) bond motifs is 1. The Morgan fingerprint density at radius 2 is 2.24 bits per heavy atom. The first-order chi connectivity index (χ1) is 8.22. The predicted octanol–water partition coefficient (Wildman–Crippen LogP) is 2.26. The standard InChI is InChI=1S/C14H22N2O/c1-11-8-15-7-3-4-13(15)9-16(11)10-14-6-5-12(2)17-14/h5-6,11,13H,3-4,7-10H2,1-2H3. The summed E-state index contributed by atoms with van der Waals surface area (Å²) < 4.78 is 5.69. The quantitative estimate of drug-likeness (QED) is 0.782. The van der Waals surface area contributed by atoms with Crippen molar-refractivity contribution in [1.82, 2.24) is 9.80 Å². The van der Waals surface area contributed by atoms with Crippen molar-refractivity contribution in [2.75, 3.05) is 19.6 Å². The maximum atomic E-state index is 5.69. The summed E-state index contributed by atoms with van der Waals surface area (Å²) in [5, 5.41) is 0. The first kappa shape index (κ1) is 11.3. The molecule has 0 aromatic carbocycles. The summed E-state index contributed by atoms with van der Waals surface area (Å²) in [6.45, 7) is 9.07. The van der Waals surface area contributed by atoms with E-state index in [1.54, 1.807) is 0 Å². The Bertz CT molecular complexity index is 387.